The van der Waals surface area contributed by atoms with Crippen molar-refractivity contribution in [2.45, 2.75) is 45.6 Å². The second-order valence-electron chi connectivity index (χ2n) is 5.87. The van der Waals surface area contributed by atoms with Crippen LogP contribution in [0.1, 0.15) is 46.1 Å². The lowest BCUT2D eigenvalue weighted by molar-refractivity contribution is -0.124. The number of thiazole rings is 1. The normalized spacial score (nSPS) is 18.0. The molecule has 0 radical (unpaired) electrons. The van der Waals surface area contributed by atoms with Crippen molar-refractivity contribution in [2.24, 2.45) is 0 Å². The highest BCUT2D eigenvalue weighted by Gasteiger charge is 2.29. The van der Waals surface area contributed by atoms with E-state index < -0.39 is 0 Å². The number of aromatic nitrogens is 1. The number of aryl methyl sites for hydroxylation is 2. The minimum absolute atomic E-state index is 0.0760. The quantitative estimate of drug-likeness (QED) is 0.859. The number of methoxy groups -OCH3 is 1. The number of piperidine rings is 1. The number of ether oxygens (including phenoxy) is 1. The molecule has 1 saturated heterocycles. The van der Waals surface area contributed by atoms with Crippen LogP contribution in [0, 0.1) is 13.8 Å². The van der Waals surface area contributed by atoms with Gasteiger partial charge in [-0.25, -0.2) is 4.98 Å². The lowest BCUT2D eigenvalue weighted by Crippen LogP contribution is -2.45. The Kier molecular flexibility index (Phi) is 6.53. The third-order valence-electron chi connectivity index (χ3n) is 4.06. The van der Waals surface area contributed by atoms with Crippen LogP contribution in [0.15, 0.2) is 0 Å². The molecule has 7 heteroatoms. The van der Waals surface area contributed by atoms with Crippen molar-refractivity contribution in [1.82, 2.24) is 15.2 Å². The molecule has 2 rings (SSSR count). The fourth-order valence-electron chi connectivity index (χ4n) is 2.99. The molecule has 0 bridgehead atoms. The largest absolute Gasteiger partial charge is 0.375 e. The van der Waals surface area contributed by atoms with Crippen LogP contribution in [-0.2, 0) is 9.53 Å². The first-order valence-electron chi connectivity index (χ1n) is 8.03. The number of nitrogens with zero attached hydrogens (tertiary/aromatic N) is 2. The number of likely N-dealkylation sites (tertiary alicyclic amines) is 1. The van der Waals surface area contributed by atoms with E-state index in [1.54, 1.807) is 0 Å². The Morgan fingerprint density at radius 2 is 2.17 bits per heavy atom. The SMILES string of the molecule is COCC(=O)NCC[C@@H]1CCCCN1C(=O)c1sc(C)nc1C. The Morgan fingerprint density at radius 1 is 1.39 bits per heavy atom. The maximum Gasteiger partial charge on any atom is 0.266 e. The molecule has 1 fully saturated rings. The van der Waals surface area contributed by atoms with Crippen molar-refractivity contribution >= 4 is 23.2 Å². The number of hydrogen-bond acceptors (Lipinski definition) is 5. The highest BCUT2D eigenvalue weighted by atomic mass is 32.1. The summed E-state index contributed by atoms with van der Waals surface area (Å²) in [4.78, 5) is 31.3. The van der Waals surface area contributed by atoms with Crippen LogP contribution >= 0.6 is 11.3 Å². The van der Waals surface area contributed by atoms with Crippen LogP contribution in [0.5, 0.6) is 0 Å². The Hall–Kier alpha value is -1.47. The predicted molar refractivity (Wildman–Crippen MR) is 89.8 cm³/mol. The van der Waals surface area contributed by atoms with E-state index in [0.717, 1.165) is 47.8 Å². The summed E-state index contributed by atoms with van der Waals surface area (Å²) in [6.45, 7) is 5.24. The Labute approximate surface area is 141 Å². The molecule has 0 unspecified atom stereocenters. The van der Waals surface area contributed by atoms with E-state index in [-0.39, 0.29) is 24.5 Å². The first-order chi connectivity index (χ1) is 11.0. The van der Waals surface area contributed by atoms with Crippen LogP contribution < -0.4 is 5.32 Å². The van der Waals surface area contributed by atoms with Crippen LogP contribution in [0.2, 0.25) is 0 Å². The average molecular weight is 339 g/mol. The molecule has 128 valence electrons. The summed E-state index contributed by atoms with van der Waals surface area (Å²) in [5, 5.41) is 3.76. The van der Waals surface area contributed by atoms with E-state index in [1.165, 1.54) is 18.4 Å². The minimum Gasteiger partial charge on any atom is -0.375 e. The summed E-state index contributed by atoms with van der Waals surface area (Å²) in [7, 11) is 1.50. The molecule has 2 heterocycles. The number of nitrogens with one attached hydrogen (secondary N) is 1. The number of rotatable bonds is 6. The van der Waals surface area contributed by atoms with Gasteiger partial charge in [0.25, 0.3) is 5.91 Å². The van der Waals surface area contributed by atoms with Crippen LogP contribution in [0.25, 0.3) is 0 Å². The van der Waals surface area contributed by atoms with Gasteiger partial charge < -0.3 is 15.0 Å². The Balaban J connectivity index is 1.96. The predicted octanol–water partition coefficient (Wildman–Crippen LogP) is 1.91. The topological polar surface area (TPSA) is 71.5 Å². The highest BCUT2D eigenvalue weighted by Crippen LogP contribution is 2.25. The zero-order chi connectivity index (χ0) is 16.8. The number of hydrogen-bond donors (Lipinski definition) is 1. The van der Waals surface area contributed by atoms with Crippen molar-refractivity contribution in [3.05, 3.63) is 15.6 Å². The molecule has 2 amide bonds. The standard InChI is InChI=1S/C16H25N3O3S/c1-11-15(23-12(2)18-11)16(21)19-9-5-4-6-13(19)7-8-17-14(20)10-22-3/h13H,4-10H2,1-3H3,(H,17,20)/t13-/m0/s1. The van der Waals surface area contributed by atoms with E-state index >= 15 is 0 Å². The number of amides is 2. The van der Waals surface area contributed by atoms with Gasteiger partial charge in [0.1, 0.15) is 11.5 Å². The molecule has 1 aromatic rings. The van der Waals surface area contributed by atoms with Gasteiger partial charge in [0, 0.05) is 26.2 Å². The summed E-state index contributed by atoms with van der Waals surface area (Å²) < 4.78 is 4.80. The highest BCUT2D eigenvalue weighted by molar-refractivity contribution is 7.13. The van der Waals surface area contributed by atoms with Crippen LogP contribution in [0.3, 0.4) is 0 Å². The van der Waals surface area contributed by atoms with Gasteiger partial charge in [0.05, 0.1) is 10.7 Å². The van der Waals surface area contributed by atoms with Crippen molar-refractivity contribution in [3.8, 4) is 0 Å². The smallest absolute Gasteiger partial charge is 0.266 e. The first-order valence-corrected chi connectivity index (χ1v) is 8.85. The minimum atomic E-state index is -0.116. The van der Waals surface area contributed by atoms with Gasteiger partial charge >= 0.3 is 0 Å². The van der Waals surface area contributed by atoms with Crippen molar-refractivity contribution < 1.29 is 14.3 Å². The van der Waals surface area contributed by atoms with Gasteiger partial charge in [-0.15, -0.1) is 11.3 Å². The fourth-order valence-corrected chi connectivity index (χ4v) is 3.86. The zero-order valence-corrected chi connectivity index (χ0v) is 14.9. The van der Waals surface area contributed by atoms with Crippen LogP contribution in [-0.4, -0.2) is 54.5 Å². The molecule has 0 saturated carbocycles. The molecule has 1 aromatic heterocycles. The molecule has 1 N–H and O–H groups in total. The maximum atomic E-state index is 12.8. The summed E-state index contributed by atoms with van der Waals surface area (Å²) in [6.07, 6.45) is 3.93. The van der Waals surface area contributed by atoms with Crippen LogP contribution in [0.4, 0.5) is 0 Å². The molecule has 0 aliphatic carbocycles. The van der Waals surface area contributed by atoms with Crippen molar-refractivity contribution in [1.29, 1.82) is 0 Å². The molecule has 6 nitrogen and oxygen atoms in total. The molecular weight excluding hydrogens is 314 g/mol. The third-order valence-corrected chi connectivity index (χ3v) is 5.12. The molecular formula is C16H25N3O3S. The summed E-state index contributed by atoms with van der Waals surface area (Å²) >= 11 is 1.46. The Morgan fingerprint density at radius 3 is 2.83 bits per heavy atom. The zero-order valence-electron chi connectivity index (χ0n) is 14.1. The van der Waals surface area contributed by atoms with Gasteiger partial charge in [0.2, 0.25) is 5.91 Å². The lowest BCUT2D eigenvalue weighted by atomic mass is 9.99. The second-order valence-corrected chi connectivity index (χ2v) is 7.07. The van der Waals surface area contributed by atoms with E-state index in [0.29, 0.717) is 6.54 Å². The summed E-state index contributed by atoms with van der Waals surface area (Å²) in [5.74, 6) is -0.0314. The van der Waals surface area contributed by atoms with Gasteiger partial charge in [0.15, 0.2) is 0 Å². The molecule has 1 aliphatic rings. The summed E-state index contributed by atoms with van der Waals surface area (Å²) in [6, 6.07) is 0.181. The second kappa shape index (κ2) is 8.40. The first kappa shape index (κ1) is 17.9. The molecule has 23 heavy (non-hydrogen) atoms. The monoisotopic (exact) mass is 339 g/mol. The van der Waals surface area contributed by atoms with E-state index in [1.807, 2.05) is 18.7 Å². The van der Waals surface area contributed by atoms with E-state index in [4.69, 9.17) is 4.74 Å². The molecule has 1 aliphatic heterocycles. The summed E-state index contributed by atoms with van der Waals surface area (Å²) in [5.41, 5.74) is 0.815. The van der Waals surface area contributed by atoms with Gasteiger partial charge in [-0.1, -0.05) is 0 Å². The Bertz CT molecular complexity index is 559. The third kappa shape index (κ3) is 4.75. The molecule has 0 aromatic carbocycles. The molecule has 0 spiro atoms. The van der Waals surface area contributed by atoms with E-state index in [9.17, 15) is 9.59 Å². The fraction of sp³-hybridized carbons (Fsp3) is 0.688. The van der Waals surface area contributed by atoms with E-state index in [2.05, 4.69) is 10.3 Å². The average Bonchev–Trinajstić information content (AvgIpc) is 2.86. The lowest BCUT2D eigenvalue weighted by Gasteiger charge is -2.35. The molecule has 1 atom stereocenters. The maximum absolute atomic E-state index is 12.8. The van der Waals surface area contributed by atoms with Crippen molar-refractivity contribution in [2.75, 3.05) is 26.8 Å². The van der Waals surface area contributed by atoms with Gasteiger partial charge in [-0.3, -0.25) is 9.59 Å². The number of carbonyl (C=O) groups excluding carboxylic acids is 2. The van der Waals surface area contributed by atoms with Gasteiger partial charge in [-0.05, 0) is 39.5 Å². The van der Waals surface area contributed by atoms with Crippen molar-refractivity contribution in [3.63, 3.8) is 0 Å². The number of carbonyl (C=O) groups is 2. The van der Waals surface area contributed by atoms with Gasteiger partial charge in [-0.2, -0.15) is 0 Å².